The van der Waals surface area contributed by atoms with E-state index >= 15 is 0 Å². The van der Waals surface area contributed by atoms with E-state index in [0.717, 1.165) is 12.1 Å². The molecule has 24 heavy (non-hydrogen) atoms. The predicted molar refractivity (Wildman–Crippen MR) is 73.5 cm³/mol. The number of aromatic carboxylic acids is 1. The van der Waals surface area contributed by atoms with Gasteiger partial charge in [0.25, 0.3) is 5.91 Å². The smallest absolute Gasteiger partial charge is 0.543 e. The molecule has 4 N–H and O–H groups in total. The molecule has 1 aromatic heterocycles. The van der Waals surface area contributed by atoms with Crippen molar-refractivity contribution in [1.29, 1.82) is 0 Å². The third-order valence-corrected chi connectivity index (χ3v) is 3.54. The van der Waals surface area contributed by atoms with Crippen molar-refractivity contribution in [2.75, 3.05) is 5.73 Å². The molecule has 2 aromatic rings. The Bertz CT molecular complexity index is 823. The minimum Gasteiger partial charge on any atom is -0.543 e. The zero-order valence-electron chi connectivity index (χ0n) is 12.0. The fourth-order valence-corrected chi connectivity index (χ4v) is 2.33. The number of rotatable bonds is 3. The van der Waals surface area contributed by atoms with Crippen molar-refractivity contribution in [1.82, 2.24) is 9.78 Å². The molecule has 0 saturated heterocycles. The van der Waals surface area contributed by atoms with Gasteiger partial charge in [-0.15, -0.1) is 0 Å². The van der Waals surface area contributed by atoms with Gasteiger partial charge in [0.2, 0.25) is 0 Å². The van der Waals surface area contributed by atoms with Crippen molar-refractivity contribution in [3.63, 3.8) is 0 Å². The molecule has 2 rings (SSSR count). The number of nitrogen functional groups attached to an aromatic ring is 1. The van der Waals surface area contributed by atoms with Crippen molar-refractivity contribution < 1.29 is 79.3 Å². The minimum atomic E-state index is -4.69. The average molecular weight is 431 g/mol. The molecule has 0 spiro atoms. The Kier molecular flexibility index (Phi) is 6.63. The van der Waals surface area contributed by atoms with Gasteiger partial charge in [-0.05, 0) is 18.2 Å². The van der Waals surface area contributed by atoms with E-state index in [1.165, 1.54) is 0 Å². The summed E-state index contributed by atoms with van der Waals surface area (Å²) >= 11 is 2.75. The zero-order valence-corrected chi connectivity index (χ0v) is 16.7. The number of amides is 1. The zero-order chi connectivity index (χ0) is 17.5. The maximum Gasteiger partial charge on any atom is 1.00 e. The van der Waals surface area contributed by atoms with E-state index in [4.69, 9.17) is 11.5 Å². The van der Waals surface area contributed by atoms with Crippen LogP contribution in [0.25, 0.3) is 5.69 Å². The van der Waals surface area contributed by atoms with Gasteiger partial charge in [-0.3, -0.25) is 4.79 Å². The van der Waals surface area contributed by atoms with Crippen molar-refractivity contribution >= 4 is 33.5 Å². The van der Waals surface area contributed by atoms with Crippen LogP contribution in [-0.2, 0) is 6.18 Å². The number of nitrogens with zero attached hydrogens (tertiary/aromatic N) is 2. The molecule has 0 aliphatic rings. The Hall–Kier alpha value is -0.924. The fourth-order valence-electron chi connectivity index (χ4n) is 1.86. The van der Waals surface area contributed by atoms with Crippen LogP contribution in [0, 0.1) is 0 Å². The third kappa shape index (κ3) is 4.00. The first-order valence-corrected chi connectivity index (χ1v) is 6.60. The van der Waals surface area contributed by atoms with Crippen molar-refractivity contribution in [2.24, 2.45) is 5.73 Å². The van der Waals surface area contributed by atoms with Gasteiger partial charge in [0, 0.05) is 4.47 Å². The maximum atomic E-state index is 12.9. The molecule has 1 aromatic carbocycles. The molecule has 1 amide bonds. The second kappa shape index (κ2) is 7.53. The van der Waals surface area contributed by atoms with E-state index in [1.807, 2.05) is 0 Å². The summed E-state index contributed by atoms with van der Waals surface area (Å²) in [6.07, 6.45) is -4.69. The van der Waals surface area contributed by atoms with Crippen molar-refractivity contribution in [3.05, 3.63) is 39.6 Å². The Balaban J connectivity index is 0.00000288. The normalized spacial score (nSPS) is 11.0. The van der Waals surface area contributed by atoms with E-state index in [0.29, 0.717) is 10.7 Å². The summed E-state index contributed by atoms with van der Waals surface area (Å²) in [4.78, 5) is 22.4. The van der Waals surface area contributed by atoms with Gasteiger partial charge in [-0.2, -0.15) is 18.3 Å². The number of carboxylic acids is 1. The minimum absolute atomic E-state index is 0. The number of alkyl halides is 3. The number of anilines is 1. The molecule has 0 fully saturated rings. The molecule has 0 unspecified atom stereocenters. The SMILES string of the molecule is NC(=O)c1nn(-c2ccc(Br)c(C(F)(F)F)c2)c(C(=O)[O-])c1N.[K+]. The number of hydrogen-bond donors (Lipinski definition) is 2. The Morgan fingerprint density at radius 1 is 1.29 bits per heavy atom. The molecule has 7 nitrogen and oxygen atoms in total. The van der Waals surface area contributed by atoms with Crippen LogP contribution in [0.1, 0.15) is 26.5 Å². The van der Waals surface area contributed by atoms with Crippen LogP contribution in [0.5, 0.6) is 0 Å². The van der Waals surface area contributed by atoms with E-state index in [9.17, 15) is 27.9 Å². The molecule has 0 atom stereocenters. The van der Waals surface area contributed by atoms with Gasteiger partial charge in [0.05, 0.1) is 22.9 Å². The Morgan fingerprint density at radius 3 is 2.33 bits per heavy atom. The summed E-state index contributed by atoms with van der Waals surface area (Å²) in [5.41, 5.74) is 7.18. The number of primary amides is 1. The monoisotopic (exact) mass is 430 g/mol. The summed E-state index contributed by atoms with van der Waals surface area (Å²) in [7, 11) is 0. The molecule has 1 heterocycles. The van der Waals surface area contributed by atoms with Crippen molar-refractivity contribution in [3.8, 4) is 5.69 Å². The van der Waals surface area contributed by atoms with Crippen molar-refractivity contribution in [2.45, 2.75) is 6.18 Å². The molecule has 0 bridgehead atoms. The van der Waals surface area contributed by atoms with Crippen LogP contribution < -0.4 is 68.0 Å². The van der Waals surface area contributed by atoms with E-state index in [2.05, 4.69) is 21.0 Å². The second-order valence-electron chi connectivity index (χ2n) is 4.34. The van der Waals surface area contributed by atoms with E-state index < -0.39 is 40.7 Å². The van der Waals surface area contributed by atoms with E-state index in [1.54, 1.807) is 0 Å². The predicted octanol–water partition coefficient (Wildman–Crippen LogP) is -2.30. The molecule has 0 aliphatic heterocycles. The summed E-state index contributed by atoms with van der Waals surface area (Å²) < 4.78 is 39.1. The van der Waals surface area contributed by atoms with Gasteiger partial charge >= 0.3 is 57.6 Å². The molecule has 0 aliphatic carbocycles. The largest absolute Gasteiger partial charge is 1.00 e. The molecule has 0 saturated carbocycles. The first kappa shape index (κ1) is 21.1. The van der Waals surface area contributed by atoms with Crippen LogP contribution in [0.4, 0.5) is 18.9 Å². The van der Waals surface area contributed by atoms with Gasteiger partial charge in [0.1, 0.15) is 5.69 Å². The number of halogens is 4. The molecular weight excluding hydrogens is 424 g/mol. The van der Waals surface area contributed by atoms with Crippen LogP contribution >= 0.6 is 15.9 Å². The third-order valence-electron chi connectivity index (χ3n) is 2.85. The summed E-state index contributed by atoms with van der Waals surface area (Å²) in [5.74, 6) is -2.95. The van der Waals surface area contributed by atoms with Gasteiger partial charge in [-0.1, -0.05) is 15.9 Å². The summed E-state index contributed by atoms with van der Waals surface area (Å²) in [6.45, 7) is 0. The van der Waals surface area contributed by atoms with Gasteiger partial charge < -0.3 is 21.4 Å². The number of hydrogen-bond acceptors (Lipinski definition) is 5. The molecular formula is C12H7BrF3KN4O3. The number of benzene rings is 1. The molecule has 12 heteroatoms. The van der Waals surface area contributed by atoms with Gasteiger partial charge in [0.15, 0.2) is 5.69 Å². The van der Waals surface area contributed by atoms with Crippen LogP contribution in [0.2, 0.25) is 0 Å². The number of carbonyl (C=O) groups excluding carboxylic acids is 2. The van der Waals surface area contributed by atoms with Crippen LogP contribution in [0.3, 0.4) is 0 Å². The summed E-state index contributed by atoms with van der Waals surface area (Å²) in [5, 5.41) is 14.7. The number of nitrogens with two attached hydrogens (primary N) is 2. The first-order valence-electron chi connectivity index (χ1n) is 5.80. The quantitative estimate of drug-likeness (QED) is 0.529. The van der Waals surface area contributed by atoms with E-state index in [-0.39, 0.29) is 61.5 Å². The number of carboxylic acid groups (broad SMARTS) is 1. The summed E-state index contributed by atoms with van der Waals surface area (Å²) in [6, 6.07) is 2.86. The standard InChI is InChI=1S/C12H8BrF3N4O3.K/c13-6-2-1-4(3-5(6)12(14,15)16)20-9(11(22)23)7(17)8(19-20)10(18)21;/h1-3H,17H2,(H2,18,21)(H,22,23);/q;+1/p-1. The first-order chi connectivity index (χ1) is 10.5. The maximum absolute atomic E-state index is 12.9. The number of carbonyl (C=O) groups is 2. The van der Waals surface area contributed by atoms with Crippen LogP contribution in [0.15, 0.2) is 22.7 Å². The molecule has 0 radical (unpaired) electrons. The molecule has 122 valence electrons. The Morgan fingerprint density at radius 2 is 1.88 bits per heavy atom. The average Bonchev–Trinajstić information content (AvgIpc) is 2.75. The van der Waals surface area contributed by atoms with Gasteiger partial charge in [-0.25, -0.2) is 4.68 Å². The fraction of sp³-hybridized carbons (Fsp3) is 0.0833. The Labute approximate surface area is 183 Å². The second-order valence-corrected chi connectivity index (χ2v) is 5.19. The number of aromatic nitrogens is 2. The van der Waals surface area contributed by atoms with Crippen LogP contribution in [-0.4, -0.2) is 21.7 Å². The topological polar surface area (TPSA) is 127 Å².